The predicted octanol–water partition coefficient (Wildman–Crippen LogP) is 3.02. The molecule has 0 saturated carbocycles. The Morgan fingerprint density at radius 2 is 2.10 bits per heavy atom. The maximum Gasteiger partial charge on any atom is 0.410 e. The first-order valence-corrected chi connectivity index (χ1v) is 6.84. The minimum Gasteiger partial charge on any atom is -0.444 e. The molecule has 0 aromatic carbocycles. The van der Waals surface area contributed by atoms with E-state index in [9.17, 15) is 4.79 Å². The summed E-state index contributed by atoms with van der Waals surface area (Å²) < 4.78 is 5.31. The second-order valence-electron chi connectivity index (χ2n) is 6.11. The molecule has 0 fully saturated rings. The lowest BCUT2D eigenvalue weighted by molar-refractivity contribution is 0.0295. The highest BCUT2D eigenvalue weighted by atomic mass is 16.6. The lowest BCUT2D eigenvalue weighted by Gasteiger charge is -2.25. The first-order valence-electron chi connectivity index (χ1n) is 6.84. The minimum absolute atomic E-state index is 0.292. The largest absolute Gasteiger partial charge is 0.444 e. The van der Waals surface area contributed by atoms with Crippen LogP contribution in [-0.4, -0.2) is 35.2 Å². The number of carbonyl (C=O) groups excluding carboxylic acids is 1. The molecule has 20 heavy (non-hydrogen) atoms. The Labute approximate surface area is 121 Å². The molecule has 1 aromatic rings. The topological polar surface area (TPSA) is 68.5 Å². The van der Waals surface area contributed by atoms with Crippen molar-refractivity contribution >= 4 is 11.9 Å². The van der Waals surface area contributed by atoms with Crippen molar-refractivity contribution in [1.29, 1.82) is 0 Å². The van der Waals surface area contributed by atoms with Crippen molar-refractivity contribution in [3.05, 3.63) is 23.9 Å². The van der Waals surface area contributed by atoms with E-state index in [0.717, 1.165) is 12.0 Å². The van der Waals surface area contributed by atoms with E-state index in [1.54, 1.807) is 24.2 Å². The Bertz CT molecular complexity index is 437. The fraction of sp³-hybridized carbons (Fsp3) is 0.600. The number of aromatic nitrogens is 1. The van der Waals surface area contributed by atoms with Gasteiger partial charge in [0.05, 0.1) is 0 Å². The highest BCUT2D eigenvalue weighted by Crippen LogP contribution is 2.19. The van der Waals surface area contributed by atoms with E-state index in [-0.39, 0.29) is 6.09 Å². The maximum atomic E-state index is 11.8. The summed E-state index contributed by atoms with van der Waals surface area (Å²) in [5, 5.41) is 0. The number of hydrogen-bond acceptors (Lipinski definition) is 4. The van der Waals surface area contributed by atoms with Crippen molar-refractivity contribution in [3.63, 3.8) is 0 Å². The summed E-state index contributed by atoms with van der Waals surface area (Å²) in [6.07, 6.45) is 2.34. The van der Waals surface area contributed by atoms with E-state index in [4.69, 9.17) is 10.5 Å². The van der Waals surface area contributed by atoms with Gasteiger partial charge in [0.25, 0.3) is 0 Å². The standard InChI is InChI=1S/C15H25N3O2/c1-11(12-6-7-13(16)17-10-12)8-9-18(5)14(19)20-15(2,3)4/h6-7,10-11H,8-9H2,1-5H3,(H2,16,17). The van der Waals surface area contributed by atoms with Gasteiger partial charge in [-0.2, -0.15) is 0 Å². The fourth-order valence-electron chi connectivity index (χ4n) is 1.69. The molecule has 112 valence electrons. The maximum absolute atomic E-state index is 11.8. The summed E-state index contributed by atoms with van der Waals surface area (Å²) in [6, 6.07) is 3.77. The van der Waals surface area contributed by atoms with Crippen molar-refractivity contribution in [2.24, 2.45) is 0 Å². The summed E-state index contributed by atoms with van der Waals surface area (Å²) in [5.41, 5.74) is 6.23. The summed E-state index contributed by atoms with van der Waals surface area (Å²) in [7, 11) is 1.75. The first kappa shape index (κ1) is 16.3. The highest BCUT2D eigenvalue weighted by Gasteiger charge is 2.19. The average Bonchev–Trinajstić information content (AvgIpc) is 2.34. The Kier molecular flexibility index (Phi) is 5.36. The molecular formula is C15H25N3O2. The van der Waals surface area contributed by atoms with Gasteiger partial charge in [0.15, 0.2) is 0 Å². The van der Waals surface area contributed by atoms with Gasteiger partial charge in [0, 0.05) is 19.8 Å². The van der Waals surface area contributed by atoms with Crippen LogP contribution in [0.3, 0.4) is 0 Å². The van der Waals surface area contributed by atoms with E-state index < -0.39 is 5.60 Å². The normalized spacial score (nSPS) is 12.8. The average molecular weight is 279 g/mol. The van der Waals surface area contributed by atoms with Crippen LogP contribution in [0.1, 0.15) is 45.6 Å². The number of nitrogens with two attached hydrogens (primary N) is 1. The van der Waals surface area contributed by atoms with Crippen LogP contribution in [0.25, 0.3) is 0 Å². The van der Waals surface area contributed by atoms with Gasteiger partial charge in [-0.05, 0) is 44.7 Å². The SMILES string of the molecule is CC(CCN(C)C(=O)OC(C)(C)C)c1ccc(N)nc1. The Hall–Kier alpha value is -1.78. The quantitative estimate of drug-likeness (QED) is 0.919. The fourth-order valence-corrected chi connectivity index (χ4v) is 1.69. The van der Waals surface area contributed by atoms with Gasteiger partial charge in [0.2, 0.25) is 0 Å². The third-order valence-electron chi connectivity index (χ3n) is 2.98. The molecule has 1 amide bonds. The number of ether oxygens (including phenoxy) is 1. The van der Waals surface area contributed by atoms with E-state index >= 15 is 0 Å². The molecule has 0 saturated heterocycles. The molecule has 0 aliphatic heterocycles. The molecule has 1 aromatic heterocycles. The van der Waals surface area contributed by atoms with Gasteiger partial charge in [0.1, 0.15) is 11.4 Å². The summed E-state index contributed by atoms with van der Waals surface area (Å²) in [5.74, 6) is 0.833. The lowest BCUT2D eigenvalue weighted by atomic mass is 9.99. The molecule has 1 rings (SSSR count). The predicted molar refractivity (Wildman–Crippen MR) is 80.5 cm³/mol. The Morgan fingerprint density at radius 1 is 1.45 bits per heavy atom. The van der Waals surface area contributed by atoms with Crippen LogP contribution in [0.15, 0.2) is 18.3 Å². The Balaban J connectivity index is 2.46. The van der Waals surface area contributed by atoms with Crippen molar-refractivity contribution in [2.75, 3.05) is 19.3 Å². The van der Waals surface area contributed by atoms with Crippen molar-refractivity contribution in [2.45, 2.75) is 45.6 Å². The summed E-state index contributed by atoms with van der Waals surface area (Å²) >= 11 is 0. The molecule has 1 atom stereocenters. The van der Waals surface area contributed by atoms with Crippen LogP contribution in [0.5, 0.6) is 0 Å². The van der Waals surface area contributed by atoms with Crippen molar-refractivity contribution in [1.82, 2.24) is 9.88 Å². The molecule has 0 spiro atoms. The number of nitrogen functional groups attached to an aromatic ring is 1. The van der Waals surface area contributed by atoms with E-state index in [1.807, 2.05) is 26.8 Å². The number of carbonyl (C=O) groups is 1. The second kappa shape index (κ2) is 6.59. The number of anilines is 1. The van der Waals surface area contributed by atoms with Gasteiger partial charge in [-0.3, -0.25) is 0 Å². The van der Waals surface area contributed by atoms with Crippen LogP contribution in [0, 0.1) is 0 Å². The van der Waals surface area contributed by atoms with Crippen molar-refractivity contribution in [3.8, 4) is 0 Å². The smallest absolute Gasteiger partial charge is 0.410 e. The second-order valence-corrected chi connectivity index (χ2v) is 6.11. The highest BCUT2D eigenvalue weighted by molar-refractivity contribution is 5.67. The molecule has 1 unspecified atom stereocenters. The monoisotopic (exact) mass is 279 g/mol. The number of nitrogens with zero attached hydrogens (tertiary/aromatic N) is 2. The number of pyridine rings is 1. The van der Waals surface area contributed by atoms with E-state index in [0.29, 0.717) is 18.3 Å². The van der Waals surface area contributed by atoms with Crippen LogP contribution in [0.4, 0.5) is 10.6 Å². The molecule has 1 heterocycles. The molecular weight excluding hydrogens is 254 g/mol. The minimum atomic E-state index is -0.460. The van der Waals surface area contributed by atoms with Gasteiger partial charge >= 0.3 is 6.09 Å². The first-order chi connectivity index (χ1) is 9.19. The zero-order valence-corrected chi connectivity index (χ0v) is 13.0. The summed E-state index contributed by atoms with van der Waals surface area (Å²) in [6.45, 7) is 8.33. The van der Waals surface area contributed by atoms with Crippen molar-refractivity contribution < 1.29 is 9.53 Å². The molecule has 0 aliphatic rings. The van der Waals surface area contributed by atoms with E-state index in [1.165, 1.54) is 0 Å². The molecule has 0 bridgehead atoms. The number of amides is 1. The zero-order valence-electron chi connectivity index (χ0n) is 13.0. The zero-order chi connectivity index (χ0) is 15.3. The number of rotatable bonds is 4. The molecule has 5 heteroatoms. The third-order valence-corrected chi connectivity index (χ3v) is 2.98. The summed E-state index contributed by atoms with van der Waals surface area (Å²) in [4.78, 5) is 17.5. The molecule has 2 N–H and O–H groups in total. The molecule has 0 aliphatic carbocycles. The van der Waals surface area contributed by atoms with Gasteiger partial charge in [-0.15, -0.1) is 0 Å². The van der Waals surface area contributed by atoms with Gasteiger partial charge in [-0.1, -0.05) is 13.0 Å². The molecule has 5 nitrogen and oxygen atoms in total. The van der Waals surface area contributed by atoms with Gasteiger partial charge in [-0.25, -0.2) is 9.78 Å². The lowest BCUT2D eigenvalue weighted by Crippen LogP contribution is -2.35. The van der Waals surface area contributed by atoms with Crippen LogP contribution in [-0.2, 0) is 4.74 Å². The van der Waals surface area contributed by atoms with E-state index in [2.05, 4.69) is 11.9 Å². The molecule has 0 radical (unpaired) electrons. The van der Waals surface area contributed by atoms with Crippen LogP contribution >= 0.6 is 0 Å². The van der Waals surface area contributed by atoms with Crippen LogP contribution < -0.4 is 5.73 Å². The number of hydrogen-bond donors (Lipinski definition) is 1. The Morgan fingerprint density at radius 3 is 2.60 bits per heavy atom. The van der Waals surface area contributed by atoms with Crippen LogP contribution in [0.2, 0.25) is 0 Å². The van der Waals surface area contributed by atoms with Gasteiger partial charge < -0.3 is 15.4 Å². The third kappa shape index (κ3) is 5.47.